The molecular formula is C18H27NO. The molecule has 0 aromatic heterocycles. The number of benzene rings is 1. The van der Waals surface area contributed by atoms with Crippen molar-refractivity contribution >= 4 is 0 Å². The van der Waals surface area contributed by atoms with E-state index in [-0.39, 0.29) is 0 Å². The molecule has 3 atom stereocenters. The van der Waals surface area contributed by atoms with Gasteiger partial charge in [-0.1, -0.05) is 43.2 Å². The van der Waals surface area contributed by atoms with Crippen LogP contribution in [0.5, 0.6) is 0 Å². The molecule has 1 saturated heterocycles. The Kier molecular flexibility index (Phi) is 3.87. The van der Waals surface area contributed by atoms with E-state index in [4.69, 9.17) is 0 Å². The van der Waals surface area contributed by atoms with E-state index in [1.807, 2.05) is 0 Å². The highest BCUT2D eigenvalue weighted by atomic mass is 16.3. The average molecular weight is 273 g/mol. The molecule has 0 amide bonds. The van der Waals surface area contributed by atoms with Gasteiger partial charge < -0.3 is 5.11 Å². The Morgan fingerprint density at radius 1 is 1.25 bits per heavy atom. The zero-order valence-electron chi connectivity index (χ0n) is 12.8. The lowest BCUT2D eigenvalue weighted by Crippen LogP contribution is -2.44. The summed E-state index contributed by atoms with van der Waals surface area (Å²) in [4.78, 5) is 2.55. The van der Waals surface area contributed by atoms with Crippen molar-refractivity contribution in [2.45, 2.75) is 51.7 Å². The van der Waals surface area contributed by atoms with E-state index < -0.39 is 5.60 Å². The highest BCUT2D eigenvalue weighted by Gasteiger charge is 2.47. The molecule has 1 heterocycles. The third-order valence-electron chi connectivity index (χ3n) is 5.53. The minimum Gasteiger partial charge on any atom is -0.390 e. The van der Waals surface area contributed by atoms with Crippen LogP contribution in [0, 0.1) is 18.8 Å². The fraction of sp³-hybridized carbons (Fsp3) is 0.667. The van der Waals surface area contributed by atoms with Crippen molar-refractivity contribution in [2.24, 2.45) is 11.8 Å². The van der Waals surface area contributed by atoms with E-state index in [0.29, 0.717) is 11.8 Å². The summed E-state index contributed by atoms with van der Waals surface area (Å²) >= 11 is 0. The molecule has 2 aliphatic rings. The van der Waals surface area contributed by atoms with Crippen molar-refractivity contribution in [3.05, 3.63) is 35.4 Å². The van der Waals surface area contributed by atoms with Gasteiger partial charge in [-0.05, 0) is 37.7 Å². The van der Waals surface area contributed by atoms with Gasteiger partial charge in [0.05, 0.1) is 5.60 Å². The van der Waals surface area contributed by atoms with Crippen molar-refractivity contribution < 1.29 is 5.11 Å². The number of hydrogen-bond acceptors (Lipinski definition) is 2. The molecule has 2 fully saturated rings. The maximum Gasteiger partial charge on any atom is 0.0688 e. The van der Waals surface area contributed by atoms with E-state index in [1.165, 1.54) is 30.5 Å². The molecule has 2 heteroatoms. The molecular weight excluding hydrogens is 246 g/mol. The fourth-order valence-corrected chi connectivity index (χ4v) is 4.24. The summed E-state index contributed by atoms with van der Waals surface area (Å²) in [5.41, 5.74) is 2.32. The Balaban J connectivity index is 1.68. The van der Waals surface area contributed by atoms with Crippen LogP contribution in [-0.2, 0) is 6.54 Å². The summed E-state index contributed by atoms with van der Waals surface area (Å²) in [5.74, 6) is 1.20. The number of nitrogens with zero attached hydrogens (tertiary/aromatic N) is 1. The largest absolute Gasteiger partial charge is 0.390 e. The topological polar surface area (TPSA) is 23.5 Å². The number of hydrogen-bond donors (Lipinski definition) is 1. The molecule has 3 rings (SSSR count). The lowest BCUT2D eigenvalue weighted by molar-refractivity contribution is -0.0613. The number of rotatable bonds is 3. The molecule has 1 N–H and O–H groups in total. The first-order chi connectivity index (χ1) is 9.60. The van der Waals surface area contributed by atoms with Crippen LogP contribution in [0.4, 0.5) is 0 Å². The van der Waals surface area contributed by atoms with Crippen LogP contribution in [0.25, 0.3) is 0 Å². The van der Waals surface area contributed by atoms with Gasteiger partial charge in [0.25, 0.3) is 0 Å². The third kappa shape index (κ3) is 2.64. The van der Waals surface area contributed by atoms with Gasteiger partial charge in [-0.3, -0.25) is 4.90 Å². The summed E-state index contributed by atoms with van der Waals surface area (Å²) in [5, 5.41) is 10.8. The standard InChI is InChI=1S/C18H27NO/c1-3-18(20)10-4-5-16-12-19(13-17(16)18)11-15-8-6-14(2)7-9-15/h6-9,16-17,20H,3-5,10-13H2,1-2H3/t16-,17+,18-/m1/s1. The van der Waals surface area contributed by atoms with Crippen molar-refractivity contribution in [2.75, 3.05) is 13.1 Å². The number of fused-ring (bicyclic) bond motifs is 1. The summed E-state index contributed by atoms with van der Waals surface area (Å²) in [6, 6.07) is 8.87. The fourth-order valence-electron chi connectivity index (χ4n) is 4.24. The summed E-state index contributed by atoms with van der Waals surface area (Å²) < 4.78 is 0. The van der Waals surface area contributed by atoms with Crippen molar-refractivity contribution in [3.63, 3.8) is 0 Å². The summed E-state index contributed by atoms with van der Waals surface area (Å²) in [6.45, 7) is 7.55. The van der Waals surface area contributed by atoms with E-state index in [0.717, 1.165) is 25.9 Å². The highest BCUT2D eigenvalue weighted by molar-refractivity contribution is 5.21. The maximum atomic E-state index is 10.8. The molecule has 1 aliphatic carbocycles. The van der Waals surface area contributed by atoms with Crippen LogP contribution in [0.15, 0.2) is 24.3 Å². The van der Waals surface area contributed by atoms with Gasteiger partial charge >= 0.3 is 0 Å². The van der Waals surface area contributed by atoms with Crippen molar-refractivity contribution in [3.8, 4) is 0 Å². The van der Waals surface area contributed by atoms with E-state index in [9.17, 15) is 5.11 Å². The lowest BCUT2D eigenvalue weighted by Gasteiger charge is -2.40. The Morgan fingerprint density at radius 2 is 2.00 bits per heavy atom. The zero-order valence-corrected chi connectivity index (χ0v) is 12.8. The molecule has 0 bridgehead atoms. The lowest BCUT2D eigenvalue weighted by atomic mass is 9.69. The monoisotopic (exact) mass is 273 g/mol. The molecule has 1 aromatic rings. The van der Waals surface area contributed by atoms with Crippen LogP contribution in [0.2, 0.25) is 0 Å². The predicted octanol–water partition coefficient (Wildman–Crippen LogP) is 3.37. The zero-order chi connectivity index (χ0) is 14.2. The quantitative estimate of drug-likeness (QED) is 0.912. The van der Waals surface area contributed by atoms with Crippen LogP contribution in [0.1, 0.15) is 43.7 Å². The second kappa shape index (κ2) is 5.50. The first-order valence-electron chi connectivity index (χ1n) is 8.11. The smallest absolute Gasteiger partial charge is 0.0688 e. The highest BCUT2D eigenvalue weighted by Crippen LogP contribution is 2.44. The number of aryl methyl sites for hydroxylation is 1. The van der Waals surface area contributed by atoms with Gasteiger partial charge in [0.1, 0.15) is 0 Å². The summed E-state index contributed by atoms with van der Waals surface area (Å²) in [7, 11) is 0. The molecule has 110 valence electrons. The van der Waals surface area contributed by atoms with E-state index in [1.54, 1.807) is 0 Å². The van der Waals surface area contributed by atoms with E-state index in [2.05, 4.69) is 43.0 Å². The molecule has 1 saturated carbocycles. The average Bonchev–Trinajstić information content (AvgIpc) is 2.86. The van der Waals surface area contributed by atoms with Gasteiger partial charge in [0.15, 0.2) is 0 Å². The number of likely N-dealkylation sites (tertiary alicyclic amines) is 1. The maximum absolute atomic E-state index is 10.8. The third-order valence-corrected chi connectivity index (χ3v) is 5.53. The molecule has 1 aromatic carbocycles. The Hall–Kier alpha value is -0.860. The molecule has 1 aliphatic heterocycles. The van der Waals surface area contributed by atoms with Crippen molar-refractivity contribution in [1.29, 1.82) is 0 Å². The van der Waals surface area contributed by atoms with Crippen LogP contribution in [0.3, 0.4) is 0 Å². The van der Waals surface area contributed by atoms with Gasteiger partial charge in [0, 0.05) is 25.6 Å². The van der Waals surface area contributed by atoms with Crippen LogP contribution >= 0.6 is 0 Å². The molecule has 0 radical (unpaired) electrons. The van der Waals surface area contributed by atoms with Gasteiger partial charge in [-0.25, -0.2) is 0 Å². The second-order valence-corrected chi connectivity index (χ2v) is 6.90. The van der Waals surface area contributed by atoms with Crippen LogP contribution < -0.4 is 0 Å². The predicted molar refractivity (Wildman–Crippen MR) is 82.5 cm³/mol. The van der Waals surface area contributed by atoms with Crippen molar-refractivity contribution in [1.82, 2.24) is 4.90 Å². The van der Waals surface area contributed by atoms with Gasteiger partial charge in [-0.15, -0.1) is 0 Å². The first-order valence-corrected chi connectivity index (χ1v) is 8.11. The Labute approximate surface area is 122 Å². The minimum absolute atomic E-state index is 0.398. The SMILES string of the molecule is CC[C@@]1(O)CCC[C@@H]2CN(Cc3ccc(C)cc3)C[C@@H]21. The number of aliphatic hydroxyl groups is 1. The normalized spacial score (nSPS) is 34.1. The van der Waals surface area contributed by atoms with E-state index >= 15 is 0 Å². The molecule has 2 nitrogen and oxygen atoms in total. The van der Waals surface area contributed by atoms with Gasteiger partial charge in [0.2, 0.25) is 0 Å². The molecule has 20 heavy (non-hydrogen) atoms. The minimum atomic E-state index is -0.398. The first kappa shape index (κ1) is 14.1. The summed E-state index contributed by atoms with van der Waals surface area (Å²) in [6.07, 6.45) is 4.41. The Bertz CT molecular complexity index is 455. The molecule has 0 spiro atoms. The second-order valence-electron chi connectivity index (χ2n) is 6.90. The van der Waals surface area contributed by atoms with Gasteiger partial charge in [-0.2, -0.15) is 0 Å². The Morgan fingerprint density at radius 3 is 2.70 bits per heavy atom. The molecule has 0 unspecified atom stereocenters. The van der Waals surface area contributed by atoms with Crippen LogP contribution in [-0.4, -0.2) is 28.7 Å².